The second-order valence-electron chi connectivity index (χ2n) is 5.36. The van der Waals surface area contributed by atoms with Gasteiger partial charge in [0, 0.05) is 23.3 Å². The summed E-state index contributed by atoms with van der Waals surface area (Å²) in [6, 6.07) is 12.2. The van der Waals surface area contributed by atoms with Gasteiger partial charge in [-0.1, -0.05) is 6.07 Å². The molecule has 3 rings (SSSR count). The second-order valence-corrected chi connectivity index (χ2v) is 5.36. The van der Waals surface area contributed by atoms with Crippen LogP contribution in [0.25, 0.3) is 10.9 Å². The van der Waals surface area contributed by atoms with E-state index >= 15 is 0 Å². The second kappa shape index (κ2) is 5.48. The highest BCUT2D eigenvalue weighted by molar-refractivity contribution is 5.92. The Balaban J connectivity index is 1.98. The average molecular weight is 281 g/mol. The van der Waals surface area contributed by atoms with Crippen molar-refractivity contribution in [3.8, 4) is 5.75 Å². The van der Waals surface area contributed by atoms with E-state index in [9.17, 15) is 0 Å². The first-order chi connectivity index (χ1) is 10.2. The van der Waals surface area contributed by atoms with E-state index in [2.05, 4.69) is 35.5 Å². The number of nitrogen functional groups attached to an aromatic ring is 1. The molecular formula is C17H19N3O. The zero-order valence-electron chi connectivity index (χ0n) is 12.3. The van der Waals surface area contributed by atoms with Crippen molar-refractivity contribution in [3.05, 3.63) is 54.5 Å². The van der Waals surface area contributed by atoms with Gasteiger partial charge in [-0.05, 0) is 44.2 Å². The highest BCUT2D eigenvalue weighted by atomic mass is 16.5. The topological polar surface area (TPSA) is 53.1 Å². The number of nitrogens with two attached hydrogens (primary N) is 1. The molecule has 2 N–H and O–H groups in total. The summed E-state index contributed by atoms with van der Waals surface area (Å²) >= 11 is 0. The molecule has 0 spiro atoms. The van der Waals surface area contributed by atoms with Crippen molar-refractivity contribution in [1.29, 1.82) is 0 Å². The Bertz CT molecular complexity index is 747. The van der Waals surface area contributed by atoms with Gasteiger partial charge in [-0.2, -0.15) is 0 Å². The van der Waals surface area contributed by atoms with Crippen molar-refractivity contribution in [2.45, 2.75) is 26.5 Å². The maximum absolute atomic E-state index is 6.08. The van der Waals surface area contributed by atoms with Gasteiger partial charge >= 0.3 is 0 Å². The molecule has 0 radical (unpaired) electrons. The van der Waals surface area contributed by atoms with E-state index in [1.165, 1.54) is 0 Å². The number of pyridine rings is 1. The molecule has 0 aliphatic rings. The van der Waals surface area contributed by atoms with Crippen molar-refractivity contribution < 1.29 is 4.74 Å². The third kappa shape index (κ3) is 2.57. The summed E-state index contributed by atoms with van der Waals surface area (Å²) in [7, 11) is 0. The fourth-order valence-corrected chi connectivity index (χ4v) is 2.64. The molecule has 0 aliphatic heterocycles. The van der Waals surface area contributed by atoms with E-state index in [0.29, 0.717) is 12.6 Å². The number of benzene rings is 1. The molecule has 0 saturated carbocycles. The molecule has 108 valence electrons. The van der Waals surface area contributed by atoms with Crippen molar-refractivity contribution in [2.75, 3.05) is 5.73 Å². The molecule has 2 aromatic heterocycles. The van der Waals surface area contributed by atoms with E-state index in [4.69, 9.17) is 10.5 Å². The normalized spacial score (nSPS) is 11.2. The Morgan fingerprint density at radius 1 is 1.24 bits per heavy atom. The van der Waals surface area contributed by atoms with Crippen LogP contribution in [0.5, 0.6) is 5.75 Å². The van der Waals surface area contributed by atoms with Crippen LogP contribution < -0.4 is 10.5 Å². The number of hydrogen-bond acceptors (Lipinski definition) is 3. The number of nitrogens with zero attached hydrogens (tertiary/aromatic N) is 2. The molecule has 21 heavy (non-hydrogen) atoms. The lowest BCUT2D eigenvalue weighted by Gasteiger charge is -2.15. The quantitative estimate of drug-likeness (QED) is 0.740. The number of fused-ring (bicyclic) bond motifs is 1. The van der Waals surface area contributed by atoms with Gasteiger partial charge in [-0.15, -0.1) is 0 Å². The molecule has 0 bridgehead atoms. The summed E-state index contributed by atoms with van der Waals surface area (Å²) in [6.45, 7) is 4.82. The fourth-order valence-electron chi connectivity index (χ4n) is 2.64. The number of ether oxygens (including phenoxy) is 1. The minimum Gasteiger partial charge on any atom is -0.486 e. The van der Waals surface area contributed by atoms with Gasteiger partial charge in [0.25, 0.3) is 0 Å². The molecule has 0 fully saturated rings. The van der Waals surface area contributed by atoms with Gasteiger partial charge in [-0.3, -0.25) is 4.98 Å². The molecule has 1 aromatic carbocycles. The van der Waals surface area contributed by atoms with Crippen LogP contribution in [0.15, 0.2) is 48.8 Å². The smallest absolute Gasteiger partial charge is 0.138 e. The van der Waals surface area contributed by atoms with Crippen molar-refractivity contribution in [2.24, 2.45) is 0 Å². The van der Waals surface area contributed by atoms with Gasteiger partial charge in [0.15, 0.2) is 0 Å². The molecule has 0 saturated heterocycles. The monoisotopic (exact) mass is 281 g/mol. The largest absolute Gasteiger partial charge is 0.486 e. The maximum Gasteiger partial charge on any atom is 0.138 e. The Hall–Kier alpha value is -2.49. The van der Waals surface area contributed by atoms with Crippen LogP contribution in [-0.4, -0.2) is 9.55 Å². The summed E-state index contributed by atoms with van der Waals surface area (Å²) < 4.78 is 8.09. The van der Waals surface area contributed by atoms with E-state index in [1.54, 1.807) is 12.4 Å². The summed E-state index contributed by atoms with van der Waals surface area (Å²) in [5.41, 5.74) is 9.14. The van der Waals surface area contributed by atoms with E-state index in [0.717, 1.165) is 28.0 Å². The molecule has 0 aliphatic carbocycles. The van der Waals surface area contributed by atoms with Crippen LogP contribution >= 0.6 is 0 Å². The van der Waals surface area contributed by atoms with Crippen LogP contribution in [0.2, 0.25) is 0 Å². The zero-order valence-corrected chi connectivity index (χ0v) is 12.3. The molecule has 4 nitrogen and oxygen atoms in total. The van der Waals surface area contributed by atoms with Gasteiger partial charge in [0.2, 0.25) is 0 Å². The van der Waals surface area contributed by atoms with Crippen molar-refractivity contribution in [3.63, 3.8) is 0 Å². The van der Waals surface area contributed by atoms with Gasteiger partial charge in [-0.25, -0.2) is 0 Å². The van der Waals surface area contributed by atoms with Crippen LogP contribution in [-0.2, 0) is 6.61 Å². The Morgan fingerprint density at radius 2 is 2.10 bits per heavy atom. The van der Waals surface area contributed by atoms with Crippen LogP contribution in [0.3, 0.4) is 0 Å². The standard InChI is InChI=1S/C17H19N3O/c1-12(2)20-13(11-21-14-5-4-8-19-10-14)9-15-16(18)6-3-7-17(15)20/h3-10,12H,11,18H2,1-2H3. The fraction of sp³-hybridized carbons (Fsp3) is 0.235. The number of aromatic nitrogens is 2. The molecule has 0 amide bonds. The first kappa shape index (κ1) is 13.5. The minimum atomic E-state index is 0.344. The van der Waals surface area contributed by atoms with E-state index in [-0.39, 0.29) is 0 Å². The number of rotatable bonds is 4. The lowest BCUT2D eigenvalue weighted by Crippen LogP contribution is -2.08. The lowest BCUT2D eigenvalue weighted by atomic mass is 10.2. The predicted octanol–water partition coefficient (Wildman–Crippen LogP) is 3.78. The Morgan fingerprint density at radius 3 is 2.81 bits per heavy atom. The maximum atomic E-state index is 6.08. The molecule has 3 aromatic rings. The molecule has 0 atom stereocenters. The van der Waals surface area contributed by atoms with E-state index < -0.39 is 0 Å². The van der Waals surface area contributed by atoms with Crippen LogP contribution in [0.4, 0.5) is 5.69 Å². The first-order valence-corrected chi connectivity index (χ1v) is 7.08. The zero-order chi connectivity index (χ0) is 14.8. The number of anilines is 1. The molecule has 4 heteroatoms. The molecule has 2 heterocycles. The Labute approximate surface area is 124 Å². The first-order valence-electron chi connectivity index (χ1n) is 7.08. The Kier molecular flexibility index (Phi) is 3.52. The van der Waals surface area contributed by atoms with Gasteiger partial charge in [0.1, 0.15) is 12.4 Å². The van der Waals surface area contributed by atoms with Crippen molar-refractivity contribution >= 4 is 16.6 Å². The van der Waals surface area contributed by atoms with Gasteiger partial charge < -0.3 is 15.0 Å². The van der Waals surface area contributed by atoms with Crippen molar-refractivity contribution in [1.82, 2.24) is 9.55 Å². The predicted molar refractivity (Wildman–Crippen MR) is 85.3 cm³/mol. The average Bonchev–Trinajstić information content (AvgIpc) is 2.86. The SMILES string of the molecule is CC(C)n1c(COc2cccnc2)cc2c(N)cccc21. The highest BCUT2D eigenvalue weighted by Gasteiger charge is 2.13. The third-order valence-corrected chi connectivity index (χ3v) is 3.53. The van der Waals surface area contributed by atoms with Crippen LogP contribution in [0.1, 0.15) is 25.6 Å². The van der Waals surface area contributed by atoms with Gasteiger partial charge in [0.05, 0.1) is 17.4 Å². The number of hydrogen-bond donors (Lipinski definition) is 1. The summed E-state index contributed by atoms with van der Waals surface area (Å²) in [6.07, 6.45) is 3.45. The van der Waals surface area contributed by atoms with E-state index in [1.807, 2.05) is 24.3 Å². The summed E-state index contributed by atoms with van der Waals surface area (Å²) in [5, 5.41) is 1.08. The lowest BCUT2D eigenvalue weighted by molar-refractivity contribution is 0.292. The minimum absolute atomic E-state index is 0.344. The van der Waals surface area contributed by atoms with Crippen LogP contribution in [0, 0.1) is 0 Å². The summed E-state index contributed by atoms with van der Waals surface area (Å²) in [5.74, 6) is 0.769. The third-order valence-electron chi connectivity index (χ3n) is 3.53. The highest BCUT2D eigenvalue weighted by Crippen LogP contribution is 2.28. The molecule has 0 unspecified atom stereocenters. The molecular weight excluding hydrogens is 262 g/mol. The summed E-state index contributed by atoms with van der Waals surface area (Å²) in [4.78, 5) is 4.06.